The summed E-state index contributed by atoms with van der Waals surface area (Å²) in [5, 5.41) is 11.1. The Morgan fingerprint density at radius 2 is 1.22 bits per heavy atom. The molecular formula is C44H48N3OPt-. The van der Waals surface area contributed by atoms with Crippen LogP contribution in [-0.4, -0.2) is 19.6 Å². The molecule has 0 amide bonds. The average Bonchev–Trinajstić information content (AvgIpc) is 3.38. The molecule has 4 aromatic carbocycles. The molecule has 2 heterocycles. The molecule has 6 rings (SSSR count). The van der Waals surface area contributed by atoms with Crippen molar-refractivity contribution < 1.29 is 26.2 Å². The van der Waals surface area contributed by atoms with Gasteiger partial charge >= 0.3 is 0 Å². The molecule has 0 bridgehead atoms. The first-order chi connectivity index (χ1) is 22.4. The minimum absolute atomic E-state index is 0. The zero-order chi connectivity index (χ0) is 34.8. The minimum Gasteiger partial charge on any atom is -0.507 e. The number of benzene rings is 4. The molecule has 0 atom stereocenters. The summed E-state index contributed by atoms with van der Waals surface area (Å²) in [4.78, 5) is 10.2. The van der Waals surface area contributed by atoms with Gasteiger partial charge in [-0.15, -0.1) is 29.3 Å². The third-order valence-corrected chi connectivity index (χ3v) is 9.16. The molecule has 0 aliphatic heterocycles. The first kappa shape index (κ1) is 36.3. The summed E-state index contributed by atoms with van der Waals surface area (Å²) in [5.41, 5.74) is 13.2. The number of hydrogen-bond donors (Lipinski definition) is 1. The van der Waals surface area contributed by atoms with Gasteiger partial charge in [0, 0.05) is 38.6 Å². The van der Waals surface area contributed by atoms with Crippen molar-refractivity contribution in [1.82, 2.24) is 14.5 Å². The molecule has 5 heteroatoms. The van der Waals surface area contributed by atoms with Gasteiger partial charge in [0.1, 0.15) is 11.6 Å². The second-order valence-electron chi connectivity index (χ2n) is 16.4. The van der Waals surface area contributed by atoms with Gasteiger partial charge in [0.05, 0.1) is 16.6 Å². The van der Waals surface area contributed by atoms with Crippen LogP contribution in [0.4, 0.5) is 0 Å². The van der Waals surface area contributed by atoms with Gasteiger partial charge < -0.3 is 5.11 Å². The Bertz CT molecular complexity index is 2150. The predicted octanol–water partition coefficient (Wildman–Crippen LogP) is 11.4. The number of para-hydroxylation sites is 1. The van der Waals surface area contributed by atoms with Crippen molar-refractivity contribution >= 4 is 11.0 Å². The fourth-order valence-corrected chi connectivity index (χ4v) is 6.33. The summed E-state index contributed by atoms with van der Waals surface area (Å²) in [5.74, 6) is 0.900. The van der Waals surface area contributed by atoms with Crippen molar-refractivity contribution in [2.75, 3.05) is 0 Å². The molecule has 1 N–H and O–H groups in total. The largest absolute Gasteiger partial charge is 0.507 e. The molecule has 49 heavy (non-hydrogen) atoms. The van der Waals surface area contributed by atoms with E-state index in [-0.39, 0.29) is 43.1 Å². The molecule has 0 spiro atoms. The fourth-order valence-electron chi connectivity index (χ4n) is 6.33. The number of phenolic OH excluding ortho intramolecular Hbond substituents is 1. The molecular weight excluding hydrogens is 782 g/mol. The molecule has 6 aromatic rings. The Balaban J connectivity index is 0.00000468. The Hall–Kier alpha value is -4.01. The smallest absolute Gasteiger partial charge is 0.148 e. The summed E-state index contributed by atoms with van der Waals surface area (Å²) in [6.45, 7) is 24.5. The third kappa shape index (κ3) is 7.31. The average molecular weight is 830 g/mol. The number of imidazole rings is 1. The number of phenols is 1. The van der Waals surface area contributed by atoms with Crippen LogP contribution in [0.3, 0.4) is 0 Å². The monoisotopic (exact) mass is 829 g/mol. The van der Waals surface area contributed by atoms with E-state index >= 15 is 0 Å². The van der Waals surface area contributed by atoms with Crippen LogP contribution in [0.15, 0.2) is 85.1 Å². The minimum atomic E-state index is -0.136. The van der Waals surface area contributed by atoms with Gasteiger partial charge in [0.25, 0.3) is 0 Å². The molecule has 0 aliphatic rings. The predicted molar refractivity (Wildman–Crippen MR) is 201 cm³/mol. The number of aryl methyl sites for hydroxylation is 2. The second kappa shape index (κ2) is 13.0. The number of hydrogen-bond acceptors (Lipinski definition) is 3. The summed E-state index contributed by atoms with van der Waals surface area (Å²) >= 11 is 0. The normalized spacial score (nSPS) is 12.3. The van der Waals surface area contributed by atoms with E-state index in [4.69, 9.17) is 9.97 Å². The van der Waals surface area contributed by atoms with Gasteiger partial charge in [-0.1, -0.05) is 104 Å². The quantitative estimate of drug-likeness (QED) is 0.180. The van der Waals surface area contributed by atoms with Crippen molar-refractivity contribution in [3.05, 3.63) is 119 Å². The SMILES string of the molecule is Cc1cc(C)cc(-n2c(-c3ccccc3O)nc3c(-c4[c-]c(-c5cc(C(C)(C)C)ccn5)cc(C(C)(C)C)c4)cc(C(C)(C)C)cc32)c1.[Pt]. The third-order valence-electron chi connectivity index (χ3n) is 9.16. The van der Waals surface area contributed by atoms with Gasteiger partial charge in [-0.05, 0) is 88.7 Å². The van der Waals surface area contributed by atoms with E-state index in [9.17, 15) is 5.11 Å². The van der Waals surface area contributed by atoms with Crippen LogP contribution in [0.2, 0.25) is 0 Å². The maximum Gasteiger partial charge on any atom is 0.148 e. The van der Waals surface area contributed by atoms with Crippen molar-refractivity contribution in [3.8, 4) is 45.2 Å². The van der Waals surface area contributed by atoms with Crippen LogP contribution < -0.4 is 0 Å². The Morgan fingerprint density at radius 3 is 1.84 bits per heavy atom. The molecule has 0 fully saturated rings. The molecule has 0 radical (unpaired) electrons. The fraction of sp³-hybridized carbons (Fsp3) is 0.318. The molecule has 4 nitrogen and oxygen atoms in total. The number of nitrogens with zero attached hydrogens (tertiary/aromatic N) is 3. The van der Waals surface area contributed by atoms with Gasteiger partial charge in [0.15, 0.2) is 0 Å². The van der Waals surface area contributed by atoms with E-state index in [0.29, 0.717) is 11.4 Å². The molecule has 0 aliphatic carbocycles. The number of aromatic hydroxyl groups is 1. The zero-order valence-electron chi connectivity index (χ0n) is 30.7. The number of fused-ring (bicyclic) bond motifs is 1. The maximum atomic E-state index is 11.1. The summed E-state index contributed by atoms with van der Waals surface area (Å²) in [6, 6.07) is 31.2. The number of aromatic nitrogens is 3. The van der Waals surface area contributed by atoms with Crippen LogP contribution in [0.5, 0.6) is 5.75 Å². The van der Waals surface area contributed by atoms with E-state index in [1.807, 2.05) is 24.4 Å². The molecule has 256 valence electrons. The second-order valence-corrected chi connectivity index (χ2v) is 16.4. The van der Waals surface area contributed by atoms with Gasteiger partial charge in [0.2, 0.25) is 0 Å². The standard InChI is InChI=1S/C44H48N3O.Pt/c1-27-18-28(2)20-34(19-27)47-38-26-33(44(9,10)11)24-36(40(38)46-41(47)35-14-12-13-15-39(35)48)29-21-30(23-32(22-29)43(6,7)8)37-25-31(16-17-45-37)42(3,4)5;/h12-20,22-26,48H,1-11H3;/q-1;. The van der Waals surface area contributed by atoms with Gasteiger partial charge in [-0.2, -0.15) is 0 Å². The van der Waals surface area contributed by atoms with Crippen LogP contribution in [0.1, 0.15) is 90.1 Å². The number of pyridine rings is 1. The first-order valence-electron chi connectivity index (χ1n) is 16.9. The van der Waals surface area contributed by atoms with Crippen LogP contribution in [0.25, 0.3) is 50.5 Å². The Kier molecular flexibility index (Phi) is 9.65. The maximum absolute atomic E-state index is 11.1. The van der Waals surface area contributed by atoms with E-state index in [1.165, 1.54) is 27.8 Å². The summed E-state index contributed by atoms with van der Waals surface area (Å²) < 4.78 is 2.21. The van der Waals surface area contributed by atoms with E-state index in [0.717, 1.165) is 39.1 Å². The van der Waals surface area contributed by atoms with Crippen molar-refractivity contribution in [2.45, 2.75) is 92.4 Å². The molecule has 0 saturated carbocycles. The van der Waals surface area contributed by atoms with E-state index < -0.39 is 0 Å². The van der Waals surface area contributed by atoms with Crippen LogP contribution >= 0.6 is 0 Å². The molecule has 0 saturated heterocycles. The van der Waals surface area contributed by atoms with Crippen LogP contribution in [-0.2, 0) is 37.3 Å². The van der Waals surface area contributed by atoms with Crippen LogP contribution in [0, 0.1) is 19.9 Å². The van der Waals surface area contributed by atoms with Crippen molar-refractivity contribution in [2.24, 2.45) is 0 Å². The topological polar surface area (TPSA) is 50.9 Å². The Labute approximate surface area is 306 Å². The molecule has 0 unspecified atom stereocenters. The number of rotatable bonds is 4. The zero-order valence-corrected chi connectivity index (χ0v) is 33.0. The Morgan fingerprint density at radius 1 is 0.633 bits per heavy atom. The van der Waals surface area contributed by atoms with E-state index in [2.05, 4.69) is 141 Å². The molecule has 2 aromatic heterocycles. The first-order valence-corrected chi connectivity index (χ1v) is 16.9. The van der Waals surface area contributed by atoms with E-state index in [1.54, 1.807) is 6.07 Å². The van der Waals surface area contributed by atoms with Crippen molar-refractivity contribution in [3.63, 3.8) is 0 Å². The van der Waals surface area contributed by atoms with Gasteiger partial charge in [-0.25, -0.2) is 4.98 Å². The van der Waals surface area contributed by atoms with Crippen molar-refractivity contribution in [1.29, 1.82) is 0 Å². The summed E-state index contributed by atoms with van der Waals surface area (Å²) in [7, 11) is 0. The summed E-state index contributed by atoms with van der Waals surface area (Å²) in [6.07, 6.45) is 1.91. The van der Waals surface area contributed by atoms with Gasteiger partial charge in [-0.3, -0.25) is 9.55 Å².